The second-order valence-corrected chi connectivity index (χ2v) is 2.73. The summed E-state index contributed by atoms with van der Waals surface area (Å²) in [5.41, 5.74) is 0.940. The number of rotatable bonds is 3. The van der Waals surface area contributed by atoms with E-state index in [0.717, 1.165) is 5.57 Å². The lowest BCUT2D eigenvalue weighted by molar-refractivity contribution is -0.136. The molecule has 1 atom stereocenters. The summed E-state index contributed by atoms with van der Waals surface area (Å²) in [6, 6.07) is 0. The van der Waals surface area contributed by atoms with Crippen LogP contribution in [0, 0.1) is 0 Å². The monoisotopic (exact) mass is 168 g/mol. The molecule has 0 saturated heterocycles. The first-order valence-electron chi connectivity index (χ1n) is 3.88. The maximum Gasteiger partial charge on any atom is 0.303 e. The Labute approximate surface area is 71.0 Å². The molecule has 4 nitrogen and oxygen atoms in total. The van der Waals surface area contributed by atoms with Crippen molar-refractivity contribution in [2.75, 3.05) is 0 Å². The van der Waals surface area contributed by atoms with Crippen LogP contribution in [-0.2, 0) is 4.79 Å². The van der Waals surface area contributed by atoms with Gasteiger partial charge in [0.2, 0.25) is 0 Å². The summed E-state index contributed by atoms with van der Waals surface area (Å²) < 4.78 is 0. The van der Waals surface area contributed by atoms with Gasteiger partial charge in [-0.2, -0.15) is 0 Å². The minimum atomic E-state index is -0.775. The molecule has 66 valence electrons. The van der Waals surface area contributed by atoms with Gasteiger partial charge in [-0.1, -0.05) is 0 Å². The van der Waals surface area contributed by atoms with Crippen LogP contribution in [-0.4, -0.2) is 23.5 Å². The first kappa shape index (κ1) is 8.77. The molecule has 0 fully saturated rings. The Hall–Kier alpha value is -1.32. The number of allylic oxidation sites excluding steroid dienone is 1. The second-order valence-electron chi connectivity index (χ2n) is 2.73. The number of nitrogens with zero attached hydrogens (tertiary/aromatic N) is 1. The molecule has 0 saturated carbocycles. The molecule has 0 bridgehead atoms. The van der Waals surface area contributed by atoms with Crippen molar-refractivity contribution in [2.45, 2.75) is 25.9 Å². The number of hydrogen-bond donors (Lipinski definition) is 2. The Morgan fingerprint density at radius 1 is 1.83 bits per heavy atom. The molecule has 2 N–H and O–H groups in total. The first-order chi connectivity index (χ1) is 5.68. The van der Waals surface area contributed by atoms with E-state index in [9.17, 15) is 4.79 Å². The number of aliphatic carboxylic acids is 1. The van der Waals surface area contributed by atoms with E-state index in [0.29, 0.717) is 6.42 Å². The standard InChI is InChI=1S/C8H12N2O2/c1-6-9-4-7(5-10-6)2-3-8(11)12/h4-6,9H,2-3H2,1H3,(H,11,12). The van der Waals surface area contributed by atoms with Crippen molar-refractivity contribution in [3.63, 3.8) is 0 Å². The van der Waals surface area contributed by atoms with Gasteiger partial charge in [-0.25, -0.2) is 0 Å². The smallest absolute Gasteiger partial charge is 0.303 e. The largest absolute Gasteiger partial charge is 0.481 e. The van der Waals surface area contributed by atoms with E-state index in [-0.39, 0.29) is 12.6 Å². The zero-order chi connectivity index (χ0) is 8.97. The van der Waals surface area contributed by atoms with Crippen molar-refractivity contribution < 1.29 is 9.90 Å². The van der Waals surface area contributed by atoms with Crippen LogP contribution in [0.25, 0.3) is 0 Å². The van der Waals surface area contributed by atoms with Crippen LogP contribution in [0.4, 0.5) is 0 Å². The molecule has 1 rings (SSSR count). The summed E-state index contributed by atoms with van der Waals surface area (Å²) in [6.45, 7) is 1.93. The molecule has 0 aliphatic carbocycles. The number of hydrogen-bond acceptors (Lipinski definition) is 3. The highest BCUT2D eigenvalue weighted by Gasteiger charge is 2.04. The van der Waals surface area contributed by atoms with E-state index in [1.165, 1.54) is 0 Å². The third kappa shape index (κ3) is 2.74. The number of carbonyl (C=O) groups is 1. The fraction of sp³-hybridized carbons (Fsp3) is 0.500. The quantitative estimate of drug-likeness (QED) is 0.653. The predicted octanol–water partition coefficient (Wildman–Crippen LogP) is 0.755. The lowest BCUT2D eigenvalue weighted by Crippen LogP contribution is -2.22. The molecule has 4 heteroatoms. The lowest BCUT2D eigenvalue weighted by atomic mass is 10.1. The van der Waals surface area contributed by atoms with E-state index >= 15 is 0 Å². The molecule has 1 heterocycles. The van der Waals surface area contributed by atoms with E-state index in [2.05, 4.69) is 10.3 Å². The highest BCUT2D eigenvalue weighted by Crippen LogP contribution is 2.05. The van der Waals surface area contributed by atoms with Gasteiger partial charge < -0.3 is 10.4 Å². The van der Waals surface area contributed by atoms with Crippen LogP contribution in [0.1, 0.15) is 19.8 Å². The molecule has 0 radical (unpaired) electrons. The molecule has 0 aromatic heterocycles. The van der Waals surface area contributed by atoms with Crippen molar-refractivity contribution in [3.8, 4) is 0 Å². The van der Waals surface area contributed by atoms with Crippen LogP contribution in [0.5, 0.6) is 0 Å². The summed E-state index contributed by atoms with van der Waals surface area (Å²) in [5.74, 6) is -0.775. The van der Waals surface area contributed by atoms with Gasteiger partial charge in [-0.15, -0.1) is 0 Å². The minimum absolute atomic E-state index is 0.110. The third-order valence-corrected chi connectivity index (χ3v) is 1.60. The first-order valence-corrected chi connectivity index (χ1v) is 3.88. The SMILES string of the molecule is CC1N=CC(CCC(=O)O)=CN1. The van der Waals surface area contributed by atoms with Crippen LogP contribution in [0.3, 0.4) is 0 Å². The van der Waals surface area contributed by atoms with Gasteiger partial charge in [0.05, 0.1) is 0 Å². The Bertz CT molecular complexity index is 233. The highest BCUT2D eigenvalue weighted by atomic mass is 16.4. The molecule has 1 aliphatic heterocycles. The van der Waals surface area contributed by atoms with Crippen molar-refractivity contribution in [2.24, 2.45) is 4.99 Å². The number of carboxylic acid groups (broad SMARTS) is 1. The third-order valence-electron chi connectivity index (χ3n) is 1.60. The maximum absolute atomic E-state index is 10.2. The Kier molecular flexibility index (Phi) is 2.85. The Morgan fingerprint density at radius 3 is 3.08 bits per heavy atom. The van der Waals surface area contributed by atoms with Crippen molar-refractivity contribution >= 4 is 12.2 Å². The molecule has 12 heavy (non-hydrogen) atoms. The van der Waals surface area contributed by atoms with Gasteiger partial charge in [-0.3, -0.25) is 9.79 Å². The topological polar surface area (TPSA) is 61.7 Å². The maximum atomic E-state index is 10.2. The molecule has 0 aromatic carbocycles. The van der Waals surface area contributed by atoms with Crippen molar-refractivity contribution in [3.05, 3.63) is 11.8 Å². The summed E-state index contributed by atoms with van der Waals surface area (Å²) in [4.78, 5) is 14.3. The van der Waals surface area contributed by atoms with Gasteiger partial charge in [0.15, 0.2) is 0 Å². The average molecular weight is 168 g/mol. The fourth-order valence-electron chi connectivity index (χ4n) is 0.903. The van der Waals surface area contributed by atoms with E-state index in [1.54, 1.807) is 6.21 Å². The van der Waals surface area contributed by atoms with Crippen molar-refractivity contribution in [1.82, 2.24) is 5.32 Å². The van der Waals surface area contributed by atoms with Crippen LogP contribution in [0.15, 0.2) is 16.8 Å². The van der Waals surface area contributed by atoms with Gasteiger partial charge >= 0.3 is 5.97 Å². The van der Waals surface area contributed by atoms with Gasteiger partial charge in [0.25, 0.3) is 0 Å². The summed E-state index contributed by atoms with van der Waals surface area (Å²) in [7, 11) is 0. The van der Waals surface area contributed by atoms with Crippen LogP contribution in [0.2, 0.25) is 0 Å². The molecule has 0 aromatic rings. The van der Waals surface area contributed by atoms with Gasteiger partial charge in [0.1, 0.15) is 6.17 Å². The number of aliphatic imine (C=N–C) groups is 1. The lowest BCUT2D eigenvalue weighted by Gasteiger charge is -2.12. The molecule has 0 spiro atoms. The molecule has 1 aliphatic rings. The average Bonchev–Trinajstić information content (AvgIpc) is 2.03. The van der Waals surface area contributed by atoms with Crippen LogP contribution >= 0.6 is 0 Å². The zero-order valence-electron chi connectivity index (χ0n) is 6.95. The zero-order valence-corrected chi connectivity index (χ0v) is 6.95. The van der Waals surface area contributed by atoms with E-state index in [1.807, 2.05) is 13.1 Å². The molecule has 1 unspecified atom stereocenters. The number of nitrogens with one attached hydrogen (secondary N) is 1. The minimum Gasteiger partial charge on any atom is -0.481 e. The highest BCUT2D eigenvalue weighted by molar-refractivity contribution is 5.80. The van der Waals surface area contributed by atoms with E-state index < -0.39 is 5.97 Å². The normalized spacial score (nSPS) is 21.4. The summed E-state index contributed by atoms with van der Waals surface area (Å²) in [5, 5.41) is 11.4. The number of carboxylic acids is 1. The molecular weight excluding hydrogens is 156 g/mol. The van der Waals surface area contributed by atoms with Gasteiger partial charge in [0, 0.05) is 18.8 Å². The Balaban J connectivity index is 2.35. The van der Waals surface area contributed by atoms with Crippen molar-refractivity contribution in [1.29, 1.82) is 0 Å². The fourth-order valence-corrected chi connectivity index (χ4v) is 0.903. The second kappa shape index (κ2) is 3.90. The van der Waals surface area contributed by atoms with Gasteiger partial charge in [-0.05, 0) is 18.9 Å². The Morgan fingerprint density at radius 2 is 2.58 bits per heavy atom. The predicted molar refractivity (Wildman–Crippen MR) is 46.0 cm³/mol. The molecular formula is C8H12N2O2. The summed E-state index contributed by atoms with van der Waals surface area (Å²) in [6.07, 6.45) is 4.36. The van der Waals surface area contributed by atoms with Crippen LogP contribution < -0.4 is 5.32 Å². The molecule has 0 amide bonds. The summed E-state index contributed by atoms with van der Waals surface area (Å²) >= 11 is 0. The van der Waals surface area contributed by atoms with E-state index in [4.69, 9.17) is 5.11 Å².